The summed E-state index contributed by atoms with van der Waals surface area (Å²) in [7, 11) is 0. The standard InChI is InChI=1S/C16H20N2O/c1-3-18(12-14-8-10-17-11-9-14)16-6-4-15(5-7-16)13(2)19/h4-11,13,19H,3,12H2,1-2H3/t13-/m1/s1. The Balaban J connectivity index is 2.13. The zero-order valence-corrected chi connectivity index (χ0v) is 11.5. The van der Waals surface area contributed by atoms with Crippen LogP contribution < -0.4 is 4.90 Å². The number of aliphatic hydroxyl groups excluding tert-OH is 1. The van der Waals surface area contributed by atoms with Crippen LogP contribution in [-0.4, -0.2) is 16.6 Å². The van der Waals surface area contributed by atoms with Gasteiger partial charge >= 0.3 is 0 Å². The second-order valence-corrected chi connectivity index (χ2v) is 4.64. The Kier molecular flexibility index (Phi) is 4.53. The maximum Gasteiger partial charge on any atom is 0.0761 e. The molecule has 3 nitrogen and oxygen atoms in total. The Morgan fingerprint density at radius 2 is 1.74 bits per heavy atom. The topological polar surface area (TPSA) is 36.4 Å². The normalized spacial score (nSPS) is 12.2. The summed E-state index contributed by atoms with van der Waals surface area (Å²) in [6, 6.07) is 12.2. The van der Waals surface area contributed by atoms with Crippen LogP contribution in [0, 0.1) is 0 Å². The van der Waals surface area contributed by atoms with E-state index in [9.17, 15) is 5.11 Å². The van der Waals surface area contributed by atoms with Gasteiger partial charge in [-0.2, -0.15) is 0 Å². The van der Waals surface area contributed by atoms with Crippen molar-refractivity contribution in [3.63, 3.8) is 0 Å². The third-order valence-corrected chi connectivity index (χ3v) is 3.25. The summed E-state index contributed by atoms with van der Waals surface area (Å²) in [4.78, 5) is 6.33. The molecule has 0 fully saturated rings. The number of aromatic nitrogens is 1. The van der Waals surface area contributed by atoms with E-state index >= 15 is 0 Å². The van der Waals surface area contributed by atoms with E-state index in [0.717, 1.165) is 18.7 Å². The summed E-state index contributed by atoms with van der Waals surface area (Å²) < 4.78 is 0. The van der Waals surface area contributed by atoms with Crippen molar-refractivity contribution < 1.29 is 5.11 Å². The van der Waals surface area contributed by atoms with Gasteiger partial charge in [-0.3, -0.25) is 4.98 Å². The van der Waals surface area contributed by atoms with Gasteiger partial charge in [0.2, 0.25) is 0 Å². The molecule has 0 aliphatic carbocycles. The Hall–Kier alpha value is -1.87. The molecule has 3 heteroatoms. The van der Waals surface area contributed by atoms with E-state index in [0.29, 0.717) is 0 Å². The van der Waals surface area contributed by atoms with E-state index < -0.39 is 6.10 Å². The van der Waals surface area contributed by atoms with E-state index in [4.69, 9.17) is 0 Å². The first-order valence-corrected chi connectivity index (χ1v) is 6.62. The van der Waals surface area contributed by atoms with Crippen molar-refractivity contribution >= 4 is 5.69 Å². The molecule has 1 N–H and O–H groups in total. The lowest BCUT2D eigenvalue weighted by molar-refractivity contribution is 0.199. The van der Waals surface area contributed by atoms with Crippen molar-refractivity contribution in [3.05, 3.63) is 59.9 Å². The van der Waals surface area contributed by atoms with Crippen LogP contribution in [0.3, 0.4) is 0 Å². The predicted molar refractivity (Wildman–Crippen MR) is 78.0 cm³/mol. The average molecular weight is 256 g/mol. The summed E-state index contributed by atoms with van der Waals surface area (Å²) in [6.45, 7) is 5.73. The van der Waals surface area contributed by atoms with Crippen LogP contribution in [0.15, 0.2) is 48.8 Å². The number of anilines is 1. The fourth-order valence-electron chi connectivity index (χ4n) is 2.06. The Bertz CT molecular complexity index is 494. The molecule has 0 unspecified atom stereocenters. The summed E-state index contributed by atoms with van der Waals surface area (Å²) >= 11 is 0. The van der Waals surface area contributed by atoms with Crippen LogP contribution in [0.5, 0.6) is 0 Å². The van der Waals surface area contributed by atoms with Gasteiger partial charge in [-0.05, 0) is 49.2 Å². The number of hydrogen-bond donors (Lipinski definition) is 1. The van der Waals surface area contributed by atoms with Crippen molar-refractivity contribution in [3.8, 4) is 0 Å². The molecule has 0 aliphatic rings. The number of rotatable bonds is 5. The minimum atomic E-state index is -0.413. The van der Waals surface area contributed by atoms with Gasteiger partial charge in [0.05, 0.1) is 6.10 Å². The van der Waals surface area contributed by atoms with Crippen molar-refractivity contribution in [2.75, 3.05) is 11.4 Å². The lowest BCUT2D eigenvalue weighted by Gasteiger charge is -2.23. The highest BCUT2D eigenvalue weighted by molar-refractivity contribution is 5.48. The molecule has 100 valence electrons. The fraction of sp³-hybridized carbons (Fsp3) is 0.312. The van der Waals surface area contributed by atoms with Crippen LogP contribution in [0.2, 0.25) is 0 Å². The van der Waals surface area contributed by atoms with Crippen LogP contribution in [0.25, 0.3) is 0 Å². The summed E-state index contributed by atoms with van der Waals surface area (Å²) in [5.74, 6) is 0. The molecular formula is C16H20N2O. The highest BCUT2D eigenvalue weighted by atomic mass is 16.3. The third-order valence-electron chi connectivity index (χ3n) is 3.25. The van der Waals surface area contributed by atoms with Gasteiger partial charge in [-0.25, -0.2) is 0 Å². The second-order valence-electron chi connectivity index (χ2n) is 4.64. The maximum atomic E-state index is 9.53. The van der Waals surface area contributed by atoms with Gasteiger partial charge in [0, 0.05) is 31.2 Å². The maximum absolute atomic E-state index is 9.53. The highest BCUT2D eigenvalue weighted by Gasteiger charge is 2.06. The first-order chi connectivity index (χ1) is 9.20. The first-order valence-electron chi connectivity index (χ1n) is 6.62. The zero-order chi connectivity index (χ0) is 13.7. The summed E-state index contributed by atoms with van der Waals surface area (Å²) in [5, 5.41) is 9.53. The van der Waals surface area contributed by atoms with Gasteiger partial charge in [0.1, 0.15) is 0 Å². The number of nitrogens with zero attached hydrogens (tertiary/aromatic N) is 2. The first kappa shape index (κ1) is 13.6. The lowest BCUT2D eigenvalue weighted by Crippen LogP contribution is -2.21. The SMILES string of the molecule is CCN(Cc1ccncc1)c1ccc([C@@H](C)O)cc1. The van der Waals surface area contributed by atoms with Gasteiger partial charge < -0.3 is 10.0 Å². The van der Waals surface area contributed by atoms with Crippen LogP contribution in [-0.2, 0) is 6.54 Å². The Labute approximate surface area is 114 Å². The molecule has 19 heavy (non-hydrogen) atoms. The molecule has 0 saturated heterocycles. The Morgan fingerprint density at radius 1 is 1.11 bits per heavy atom. The van der Waals surface area contributed by atoms with Gasteiger partial charge in [0.25, 0.3) is 0 Å². The highest BCUT2D eigenvalue weighted by Crippen LogP contribution is 2.20. The van der Waals surface area contributed by atoms with Gasteiger partial charge in [0.15, 0.2) is 0 Å². The van der Waals surface area contributed by atoms with Crippen LogP contribution >= 0.6 is 0 Å². The minimum absolute atomic E-state index is 0.413. The largest absolute Gasteiger partial charge is 0.389 e. The summed E-state index contributed by atoms with van der Waals surface area (Å²) in [6.07, 6.45) is 3.23. The second kappa shape index (κ2) is 6.34. The van der Waals surface area contributed by atoms with E-state index in [1.54, 1.807) is 6.92 Å². The number of benzene rings is 1. The molecule has 0 aliphatic heterocycles. The van der Waals surface area contributed by atoms with Crippen molar-refractivity contribution in [1.29, 1.82) is 0 Å². The molecule has 1 aromatic carbocycles. The van der Waals surface area contributed by atoms with Crippen molar-refractivity contribution in [2.45, 2.75) is 26.5 Å². The number of aliphatic hydroxyl groups is 1. The zero-order valence-electron chi connectivity index (χ0n) is 11.5. The molecular weight excluding hydrogens is 236 g/mol. The lowest BCUT2D eigenvalue weighted by atomic mass is 10.1. The molecule has 0 radical (unpaired) electrons. The van der Waals surface area contributed by atoms with E-state index in [-0.39, 0.29) is 0 Å². The quantitative estimate of drug-likeness (QED) is 0.892. The van der Waals surface area contributed by atoms with E-state index in [1.807, 2.05) is 36.7 Å². The van der Waals surface area contributed by atoms with Crippen LogP contribution in [0.1, 0.15) is 31.1 Å². The predicted octanol–water partition coefficient (Wildman–Crippen LogP) is 3.16. The van der Waals surface area contributed by atoms with Gasteiger partial charge in [-0.1, -0.05) is 12.1 Å². The molecule has 0 saturated carbocycles. The third kappa shape index (κ3) is 3.55. The minimum Gasteiger partial charge on any atom is -0.389 e. The molecule has 0 spiro atoms. The molecule has 1 atom stereocenters. The van der Waals surface area contributed by atoms with Crippen LogP contribution in [0.4, 0.5) is 5.69 Å². The molecule has 2 aromatic rings. The smallest absolute Gasteiger partial charge is 0.0761 e. The summed E-state index contributed by atoms with van der Waals surface area (Å²) in [5.41, 5.74) is 3.36. The van der Waals surface area contributed by atoms with Crippen molar-refractivity contribution in [2.24, 2.45) is 0 Å². The molecule has 1 heterocycles. The number of pyridine rings is 1. The molecule has 0 bridgehead atoms. The molecule has 2 rings (SSSR count). The average Bonchev–Trinajstić information content (AvgIpc) is 2.46. The molecule has 0 amide bonds. The van der Waals surface area contributed by atoms with Gasteiger partial charge in [-0.15, -0.1) is 0 Å². The van der Waals surface area contributed by atoms with Crippen molar-refractivity contribution in [1.82, 2.24) is 4.98 Å². The number of hydrogen-bond acceptors (Lipinski definition) is 3. The monoisotopic (exact) mass is 256 g/mol. The molecule has 1 aromatic heterocycles. The van der Waals surface area contributed by atoms with E-state index in [1.165, 1.54) is 11.3 Å². The fourth-order valence-corrected chi connectivity index (χ4v) is 2.06. The van der Waals surface area contributed by atoms with E-state index in [2.05, 4.69) is 28.9 Å². The Morgan fingerprint density at radius 3 is 2.26 bits per heavy atom.